The highest BCUT2D eigenvalue weighted by molar-refractivity contribution is 7.92. The van der Waals surface area contributed by atoms with Crippen molar-refractivity contribution in [3.05, 3.63) is 89.7 Å². The first-order valence-electron chi connectivity index (χ1n) is 10.9. The van der Waals surface area contributed by atoms with Gasteiger partial charge in [0.1, 0.15) is 0 Å². The van der Waals surface area contributed by atoms with Gasteiger partial charge in [-0.15, -0.1) is 11.3 Å². The molecule has 1 aliphatic rings. The van der Waals surface area contributed by atoms with Gasteiger partial charge in [0.05, 0.1) is 29.5 Å². The van der Waals surface area contributed by atoms with Gasteiger partial charge in [0.25, 0.3) is 15.9 Å². The van der Waals surface area contributed by atoms with E-state index >= 15 is 0 Å². The van der Waals surface area contributed by atoms with E-state index in [9.17, 15) is 18.0 Å². The van der Waals surface area contributed by atoms with E-state index < -0.39 is 16.0 Å². The molecular formula is C26H21N3O5S2. The average molecular weight is 520 g/mol. The number of benzene rings is 2. The molecule has 0 unspecified atom stereocenters. The molecule has 1 amide bonds. The number of hydrogen-bond acceptors (Lipinski definition) is 7. The number of thiophene rings is 1. The number of carbonyl (C=O) groups is 2. The molecule has 1 N–H and O–H groups in total. The topological polar surface area (TPSA) is 106 Å². The molecule has 0 bridgehead atoms. The Balaban J connectivity index is 1.36. The second-order valence-corrected chi connectivity index (χ2v) is 11.0. The molecular weight excluding hydrogens is 498 g/mol. The van der Waals surface area contributed by atoms with Crippen LogP contribution in [0.4, 0.5) is 5.69 Å². The summed E-state index contributed by atoms with van der Waals surface area (Å²) < 4.78 is 32.9. The molecule has 1 aliphatic heterocycles. The number of rotatable bonds is 6. The number of sulfonamides is 1. The van der Waals surface area contributed by atoms with Gasteiger partial charge in [-0.2, -0.15) is 0 Å². The van der Waals surface area contributed by atoms with Gasteiger partial charge in [-0.05, 0) is 65.7 Å². The lowest BCUT2D eigenvalue weighted by Crippen LogP contribution is -2.17. The maximum absolute atomic E-state index is 12.8. The van der Waals surface area contributed by atoms with Gasteiger partial charge in [0.2, 0.25) is 0 Å². The fourth-order valence-electron chi connectivity index (χ4n) is 4.00. The number of hydrogen-bond donors (Lipinski definition) is 1. The van der Waals surface area contributed by atoms with E-state index in [0.29, 0.717) is 12.2 Å². The van der Waals surface area contributed by atoms with Crippen LogP contribution in [0, 0.1) is 0 Å². The van der Waals surface area contributed by atoms with Gasteiger partial charge in [-0.3, -0.25) is 14.5 Å². The minimum Gasteiger partial charge on any atom is -0.465 e. The first-order chi connectivity index (χ1) is 17.2. The molecule has 4 aromatic rings. The zero-order chi connectivity index (χ0) is 25.4. The first-order valence-corrected chi connectivity index (χ1v) is 13.2. The quantitative estimate of drug-likeness (QED) is 0.372. The van der Waals surface area contributed by atoms with Crippen molar-refractivity contribution in [3.8, 4) is 20.9 Å². The van der Waals surface area contributed by atoms with Crippen LogP contribution >= 0.6 is 11.3 Å². The van der Waals surface area contributed by atoms with Crippen LogP contribution in [0.5, 0.6) is 0 Å². The van der Waals surface area contributed by atoms with Gasteiger partial charge in [-0.1, -0.05) is 6.07 Å². The van der Waals surface area contributed by atoms with Crippen molar-refractivity contribution in [3.63, 3.8) is 0 Å². The maximum Gasteiger partial charge on any atom is 0.337 e. The van der Waals surface area contributed by atoms with Crippen molar-refractivity contribution in [1.29, 1.82) is 0 Å². The highest BCUT2D eigenvalue weighted by Gasteiger charge is 2.24. The zero-order valence-electron chi connectivity index (χ0n) is 19.4. The van der Waals surface area contributed by atoms with Crippen molar-refractivity contribution in [2.45, 2.75) is 11.4 Å². The predicted molar refractivity (Wildman–Crippen MR) is 137 cm³/mol. The molecule has 0 saturated heterocycles. The molecule has 5 rings (SSSR count). The standard InChI is InChI=1S/C26H21N3O5S2/c1-29-15-19-11-17(5-8-22(19)25(29)30)23-9-10-24(35-23)18-12-20(14-27-13-18)28-36(32,33)21-6-3-16(4-7-21)26(31)34-2/h3-14,28H,15H2,1-2H3. The Morgan fingerprint density at radius 1 is 1.00 bits per heavy atom. The molecule has 0 atom stereocenters. The fraction of sp³-hybridized carbons (Fsp3) is 0.115. The Labute approximate surface area is 212 Å². The Kier molecular flexibility index (Phi) is 6.07. The number of anilines is 1. The number of pyridine rings is 1. The lowest BCUT2D eigenvalue weighted by Gasteiger charge is -2.09. The normalized spacial score (nSPS) is 12.9. The molecule has 182 valence electrons. The predicted octanol–water partition coefficient (Wildman–Crippen LogP) is 4.65. The summed E-state index contributed by atoms with van der Waals surface area (Å²) in [6, 6.07) is 17.0. The SMILES string of the molecule is COC(=O)c1ccc(S(=O)(=O)Nc2cncc(-c3ccc(-c4ccc5c(c4)CN(C)C5=O)s3)c2)cc1. The summed E-state index contributed by atoms with van der Waals surface area (Å²) in [5.41, 5.74) is 4.11. The number of nitrogens with zero attached hydrogens (tertiary/aromatic N) is 2. The van der Waals surface area contributed by atoms with Crippen LogP contribution in [-0.4, -0.2) is 44.3 Å². The van der Waals surface area contributed by atoms with Crippen molar-refractivity contribution in [2.75, 3.05) is 18.9 Å². The summed E-state index contributed by atoms with van der Waals surface area (Å²) in [5.74, 6) is -0.506. The molecule has 8 nitrogen and oxygen atoms in total. The smallest absolute Gasteiger partial charge is 0.337 e. The third-order valence-electron chi connectivity index (χ3n) is 5.84. The van der Waals surface area contributed by atoms with Crippen LogP contribution < -0.4 is 4.72 Å². The van der Waals surface area contributed by atoms with E-state index in [-0.39, 0.29) is 16.4 Å². The molecule has 0 fully saturated rings. The number of nitrogens with one attached hydrogen (secondary N) is 1. The molecule has 2 aromatic carbocycles. The molecule has 0 saturated carbocycles. The van der Waals surface area contributed by atoms with Gasteiger partial charge in [-0.25, -0.2) is 13.2 Å². The summed E-state index contributed by atoms with van der Waals surface area (Å²) in [7, 11) is -0.834. The second-order valence-electron chi connectivity index (χ2n) is 8.28. The van der Waals surface area contributed by atoms with E-state index in [1.54, 1.807) is 35.5 Å². The molecule has 0 spiro atoms. The highest BCUT2D eigenvalue weighted by Crippen LogP contribution is 2.36. The number of methoxy groups -OCH3 is 1. The Morgan fingerprint density at radius 2 is 1.72 bits per heavy atom. The van der Waals surface area contributed by atoms with E-state index in [2.05, 4.69) is 14.4 Å². The average Bonchev–Trinajstić information content (AvgIpc) is 3.48. The third kappa shape index (κ3) is 4.48. The lowest BCUT2D eigenvalue weighted by molar-refractivity contribution is 0.0600. The Hall–Kier alpha value is -4.02. The molecule has 2 aromatic heterocycles. The van der Waals surface area contributed by atoms with E-state index in [4.69, 9.17) is 0 Å². The van der Waals surface area contributed by atoms with Gasteiger partial charge in [0.15, 0.2) is 0 Å². The number of ether oxygens (including phenoxy) is 1. The lowest BCUT2D eigenvalue weighted by atomic mass is 10.1. The van der Waals surface area contributed by atoms with Gasteiger partial charge >= 0.3 is 5.97 Å². The van der Waals surface area contributed by atoms with Gasteiger partial charge in [0, 0.05) is 40.7 Å². The summed E-state index contributed by atoms with van der Waals surface area (Å²) in [5, 5.41) is 0. The number of fused-ring (bicyclic) bond motifs is 1. The fourth-order valence-corrected chi connectivity index (χ4v) is 6.02. The Morgan fingerprint density at radius 3 is 2.44 bits per heavy atom. The third-order valence-corrected chi connectivity index (χ3v) is 8.42. The second kappa shape index (κ2) is 9.21. The Bertz CT molecular complexity index is 1590. The van der Waals surface area contributed by atoms with Crippen LogP contribution in [0.3, 0.4) is 0 Å². The number of amides is 1. The summed E-state index contributed by atoms with van der Waals surface area (Å²) >= 11 is 1.56. The van der Waals surface area contributed by atoms with E-state index in [0.717, 1.165) is 32.0 Å². The zero-order valence-corrected chi connectivity index (χ0v) is 21.0. The highest BCUT2D eigenvalue weighted by atomic mass is 32.2. The van der Waals surface area contributed by atoms with Crippen LogP contribution in [0.15, 0.2) is 78.0 Å². The minimum atomic E-state index is -3.88. The monoisotopic (exact) mass is 519 g/mol. The van der Waals surface area contributed by atoms with Crippen molar-refractivity contribution < 1.29 is 22.7 Å². The van der Waals surface area contributed by atoms with Crippen molar-refractivity contribution in [2.24, 2.45) is 0 Å². The first kappa shape index (κ1) is 23.7. The minimum absolute atomic E-state index is 0.0136. The molecule has 36 heavy (non-hydrogen) atoms. The van der Waals surface area contributed by atoms with Crippen LogP contribution in [0.2, 0.25) is 0 Å². The summed E-state index contributed by atoms with van der Waals surface area (Å²) in [4.78, 5) is 31.6. The van der Waals surface area contributed by atoms with Gasteiger partial charge < -0.3 is 9.64 Å². The number of aromatic nitrogens is 1. The van der Waals surface area contributed by atoms with Crippen molar-refractivity contribution >= 4 is 38.9 Å². The molecule has 0 radical (unpaired) electrons. The van der Waals surface area contributed by atoms with E-state index in [1.807, 2.05) is 30.3 Å². The molecule has 0 aliphatic carbocycles. The largest absolute Gasteiger partial charge is 0.465 e. The van der Waals surface area contributed by atoms with E-state index in [1.165, 1.54) is 37.6 Å². The van der Waals surface area contributed by atoms with Crippen molar-refractivity contribution in [1.82, 2.24) is 9.88 Å². The number of esters is 1. The summed E-state index contributed by atoms with van der Waals surface area (Å²) in [6.45, 7) is 0.595. The van der Waals surface area contributed by atoms with Crippen LogP contribution in [0.1, 0.15) is 26.3 Å². The van der Waals surface area contributed by atoms with Crippen LogP contribution in [-0.2, 0) is 21.3 Å². The summed E-state index contributed by atoms with van der Waals surface area (Å²) in [6.07, 6.45) is 3.11. The maximum atomic E-state index is 12.8. The van der Waals surface area contributed by atoms with Crippen LogP contribution in [0.25, 0.3) is 20.9 Å². The molecule has 10 heteroatoms. The molecule has 3 heterocycles. The number of carbonyl (C=O) groups excluding carboxylic acids is 2.